The molecule has 0 N–H and O–H groups in total. The molecule has 5 nitrogen and oxygen atoms in total. The second kappa shape index (κ2) is 5.99. The van der Waals surface area contributed by atoms with E-state index in [1.165, 1.54) is 25.1 Å². The largest absolute Gasteiger partial charge is 0.492 e. The van der Waals surface area contributed by atoms with Gasteiger partial charge in [0.25, 0.3) is 5.91 Å². The third kappa shape index (κ3) is 2.88. The van der Waals surface area contributed by atoms with Crippen LogP contribution in [0.2, 0.25) is 0 Å². The summed E-state index contributed by atoms with van der Waals surface area (Å²) in [5, 5.41) is 0. The fraction of sp³-hybridized carbons (Fsp3) is 0.667. The quantitative estimate of drug-likeness (QED) is 0.848. The summed E-state index contributed by atoms with van der Waals surface area (Å²) in [5.41, 5.74) is -0.162. The maximum absolute atomic E-state index is 14.4. The van der Waals surface area contributed by atoms with Crippen molar-refractivity contribution < 1.29 is 13.9 Å². The first-order valence-electron chi connectivity index (χ1n) is 8.86. The molecule has 2 saturated heterocycles. The van der Waals surface area contributed by atoms with Crippen molar-refractivity contribution in [2.45, 2.75) is 37.6 Å². The molecule has 1 spiro atoms. The normalized spacial score (nSPS) is 23.2. The van der Waals surface area contributed by atoms with Crippen LogP contribution >= 0.6 is 0 Å². The average molecular weight is 333 g/mol. The van der Waals surface area contributed by atoms with Crippen molar-refractivity contribution in [1.82, 2.24) is 14.8 Å². The number of hydrogen-bond donors (Lipinski definition) is 0. The lowest BCUT2D eigenvalue weighted by Crippen LogP contribution is -2.65. The van der Waals surface area contributed by atoms with E-state index < -0.39 is 5.82 Å². The van der Waals surface area contributed by atoms with E-state index in [0.717, 1.165) is 32.4 Å². The Morgan fingerprint density at radius 2 is 2.04 bits per heavy atom. The van der Waals surface area contributed by atoms with E-state index in [0.29, 0.717) is 24.8 Å². The molecule has 0 unspecified atom stereocenters. The molecule has 0 atom stereocenters. The summed E-state index contributed by atoms with van der Waals surface area (Å²) in [6.07, 6.45) is 6.76. The molecule has 4 rings (SSSR count). The van der Waals surface area contributed by atoms with Crippen LogP contribution in [0.15, 0.2) is 12.3 Å². The SMILES string of the molecule is CN1CCC2(CC1)CCN2C(=O)c1ncc(OCC2CC2)cc1F. The molecule has 0 radical (unpaired) electrons. The zero-order valence-corrected chi connectivity index (χ0v) is 14.1. The molecule has 1 aliphatic carbocycles. The van der Waals surface area contributed by atoms with E-state index in [-0.39, 0.29) is 17.1 Å². The summed E-state index contributed by atoms with van der Waals surface area (Å²) >= 11 is 0. The molecule has 1 amide bonds. The van der Waals surface area contributed by atoms with Crippen LogP contribution in [-0.4, -0.2) is 59.5 Å². The van der Waals surface area contributed by atoms with Gasteiger partial charge in [-0.3, -0.25) is 4.79 Å². The van der Waals surface area contributed by atoms with Crippen LogP contribution in [0.1, 0.15) is 42.6 Å². The summed E-state index contributed by atoms with van der Waals surface area (Å²) in [4.78, 5) is 20.9. The molecule has 2 aliphatic heterocycles. The number of rotatable bonds is 4. The molecule has 3 aliphatic rings. The predicted octanol–water partition coefficient (Wildman–Crippen LogP) is 2.32. The minimum Gasteiger partial charge on any atom is -0.492 e. The topological polar surface area (TPSA) is 45.7 Å². The first kappa shape index (κ1) is 15.8. The second-order valence-electron chi connectivity index (χ2n) is 7.49. The van der Waals surface area contributed by atoms with Gasteiger partial charge in [0.05, 0.1) is 12.8 Å². The number of amides is 1. The monoisotopic (exact) mass is 333 g/mol. The number of aromatic nitrogens is 1. The lowest BCUT2D eigenvalue weighted by Gasteiger charge is -2.56. The lowest BCUT2D eigenvalue weighted by molar-refractivity contribution is -0.0356. The zero-order chi connectivity index (χ0) is 16.7. The molecule has 0 bridgehead atoms. The van der Waals surface area contributed by atoms with Crippen LogP contribution in [-0.2, 0) is 0 Å². The molecule has 1 aromatic rings. The summed E-state index contributed by atoms with van der Waals surface area (Å²) in [6, 6.07) is 1.30. The molecule has 3 fully saturated rings. The van der Waals surface area contributed by atoms with Gasteiger partial charge in [-0.15, -0.1) is 0 Å². The highest BCUT2D eigenvalue weighted by Gasteiger charge is 2.49. The number of ether oxygens (including phenoxy) is 1. The Labute approximate surface area is 141 Å². The fourth-order valence-corrected chi connectivity index (χ4v) is 3.69. The Balaban J connectivity index is 1.45. The predicted molar refractivity (Wildman–Crippen MR) is 87.5 cm³/mol. The van der Waals surface area contributed by atoms with Crippen LogP contribution in [0.4, 0.5) is 4.39 Å². The van der Waals surface area contributed by atoms with Crippen molar-refractivity contribution in [3.63, 3.8) is 0 Å². The van der Waals surface area contributed by atoms with Gasteiger partial charge in [-0.05, 0) is 45.1 Å². The van der Waals surface area contributed by atoms with Gasteiger partial charge < -0.3 is 14.5 Å². The van der Waals surface area contributed by atoms with Gasteiger partial charge >= 0.3 is 0 Å². The molecule has 1 saturated carbocycles. The van der Waals surface area contributed by atoms with Gasteiger partial charge in [-0.25, -0.2) is 9.37 Å². The van der Waals surface area contributed by atoms with E-state index in [4.69, 9.17) is 4.74 Å². The molecule has 6 heteroatoms. The highest BCUT2D eigenvalue weighted by molar-refractivity contribution is 5.93. The Hall–Kier alpha value is -1.69. The first-order valence-corrected chi connectivity index (χ1v) is 8.86. The second-order valence-corrected chi connectivity index (χ2v) is 7.49. The van der Waals surface area contributed by atoms with Gasteiger partial charge in [-0.1, -0.05) is 0 Å². The Bertz CT molecular complexity index is 639. The van der Waals surface area contributed by atoms with Crippen molar-refractivity contribution >= 4 is 5.91 Å². The van der Waals surface area contributed by atoms with Crippen molar-refractivity contribution in [1.29, 1.82) is 0 Å². The number of pyridine rings is 1. The van der Waals surface area contributed by atoms with Crippen LogP contribution in [0, 0.1) is 11.7 Å². The number of piperidine rings is 1. The maximum Gasteiger partial charge on any atom is 0.275 e. The van der Waals surface area contributed by atoms with Crippen LogP contribution < -0.4 is 4.74 Å². The molecule has 0 aromatic carbocycles. The molecular formula is C18H24FN3O2. The van der Waals surface area contributed by atoms with Gasteiger partial charge in [0.2, 0.25) is 0 Å². The Morgan fingerprint density at radius 1 is 1.33 bits per heavy atom. The molecular weight excluding hydrogens is 309 g/mol. The summed E-state index contributed by atoms with van der Waals surface area (Å²) in [6.45, 7) is 3.27. The summed E-state index contributed by atoms with van der Waals surface area (Å²) in [5.74, 6) is 0.147. The van der Waals surface area contributed by atoms with Crippen molar-refractivity contribution in [3.05, 3.63) is 23.8 Å². The third-order valence-corrected chi connectivity index (χ3v) is 5.74. The number of carbonyl (C=O) groups excluding carboxylic acids is 1. The number of carbonyl (C=O) groups is 1. The Morgan fingerprint density at radius 3 is 2.62 bits per heavy atom. The van der Waals surface area contributed by atoms with E-state index in [2.05, 4.69) is 16.9 Å². The highest BCUT2D eigenvalue weighted by Crippen LogP contribution is 2.40. The van der Waals surface area contributed by atoms with E-state index in [1.54, 1.807) is 0 Å². The number of nitrogens with zero attached hydrogens (tertiary/aromatic N) is 3. The number of hydrogen-bond acceptors (Lipinski definition) is 4. The fourth-order valence-electron chi connectivity index (χ4n) is 3.69. The summed E-state index contributed by atoms with van der Waals surface area (Å²) in [7, 11) is 2.10. The van der Waals surface area contributed by atoms with Crippen LogP contribution in [0.3, 0.4) is 0 Å². The van der Waals surface area contributed by atoms with Crippen molar-refractivity contribution in [2.75, 3.05) is 33.3 Å². The molecule has 130 valence electrons. The van der Waals surface area contributed by atoms with Crippen molar-refractivity contribution in [3.8, 4) is 5.75 Å². The minimum atomic E-state index is -0.580. The van der Waals surface area contributed by atoms with Crippen LogP contribution in [0.5, 0.6) is 5.75 Å². The third-order valence-electron chi connectivity index (χ3n) is 5.74. The number of halogens is 1. The van der Waals surface area contributed by atoms with E-state index in [1.807, 2.05) is 4.90 Å². The lowest BCUT2D eigenvalue weighted by atomic mass is 9.76. The van der Waals surface area contributed by atoms with Gasteiger partial charge in [0, 0.05) is 31.2 Å². The highest BCUT2D eigenvalue weighted by atomic mass is 19.1. The smallest absolute Gasteiger partial charge is 0.275 e. The maximum atomic E-state index is 14.4. The van der Waals surface area contributed by atoms with Crippen molar-refractivity contribution in [2.24, 2.45) is 5.92 Å². The van der Waals surface area contributed by atoms with Crippen LogP contribution in [0.25, 0.3) is 0 Å². The van der Waals surface area contributed by atoms with Gasteiger partial charge in [0.15, 0.2) is 11.5 Å². The van der Waals surface area contributed by atoms with E-state index in [9.17, 15) is 9.18 Å². The Kier molecular flexibility index (Phi) is 3.95. The standard InChI is InChI=1S/C18H24FN3O2/c1-21-7-4-18(5-8-21)6-9-22(18)17(23)16-15(19)10-14(11-20-16)24-12-13-2-3-13/h10-11,13H,2-9,12H2,1H3. The molecule has 24 heavy (non-hydrogen) atoms. The molecule has 3 heterocycles. The molecule has 1 aromatic heterocycles. The first-order chi connectivity index (χ1) is 11.6. The number of likely N-dealkylation sites (tertiary alicyclic amines) is 2. The summed E-state index contributed by atoms with van der Waals surface area (Å²) < 4.78 is 19.9. The van der Waals surface area contributed by atoms with Gasteiger partial charge in [-0.2, -0.15) is 0 Å². The average Bonchev–Trinajstić information content (AvgIpc) is 3.37. The van der Waals surface area contributed by atoms with E-state index >= 15 is 0 Å². The minimum absolute atomic E-state index is 0.0771. The zero-order valence-electron chi connectivity index (χ0n) is 14.1. The van der Waals surface area contributed by atoms with Gasteiger partial charge in [0.1, 0.15) is 5.75 Å².